The molecular weight excluding hydrogens is 430 g/mol. The molecule has 9 heteroatoms. The molecule has 0 saturated carbocycles. The van der Waals surface area contributed by atoms with Gasteiger partial charge in [-0.2, -0.15) is 0 Å². The molecule has 6 nitrogen and oxygen atoms in total. The molecule has 2 aliphatic heterocycles. The van der Waals surface area contributed by atoms with Crippen LogP contribution in [0.15, 0.2) is 45.7 Å². The molecule has 3 heterocycles. The summed E-state index contributed by atoms with van der Waals surface area (Å²) in [5, 5.41) is 0. The summed E-state index contributed by atoms with van der Waals surface area (Å²) in [6, 6.07) is 10.2. The highest BCUT2D eigenvalue weighted by Crippen LogP contribution is 2.36. The minimum Gasteiger partial charge on any atom is -0.457 e. The van der Waals surface area contributed by atoms with Crippen molar-refractivity contribution in [1.29, 1.82) is 0 Å². The van der Waals surface area contributed by atoms with Crippen LogP contribution in [-0.2, 0) is 14.6 Å². The molecule has 2 saturated heterocycles. The van der Waals surface area contributed by atoms with Crippen molar-refractivity contribution >= 4 is 55.9 Å². The Kier molecular flexibility index (Phi) is 5.22. The molecule has 0 spiro atoms. The van der Waals surface area contributed by atoms with Crippen molar-refractivity contribution in [1.82, 2.24) is 4.90 Å². The zero-order valence-corrected chi connectivity index (χ0v) is 17.9. The zero-order valence-electron chi connectivity index (χ0n) is 15.5. The molecule has 2 aromatic rings. The molecule has 0 radical (unpaired) electrons. The molecule has 1 atom stereocenters. The number of thiocarbonyl (C=S) groups is 1. The number of sulfone groups is 1. The van der Waals surface area contributed by atoms with Gasteiger partial charge in [-0.1, -0.05) is 48.2 Å². The quantitative estimate of drug-likeness (QED) is 0.403. The highest BCUT2D eigenvalue weighted by Gasteiger charge is 2.42. The van der Waals surface area contributed by atoms with Gasteiger partial charge in [0.1, 0.15) is 15.8 Å². The fraction of sp³-hybridized carbons (Fsp3) is 0.250. The van der Waals surface area contributed by atoms with E-state index in [2.05, 4.69) is 0 Å². The van der Waals surface area contributed by atoms with Crippen molar-refractivity contribution in [2.24, 2.45) is 0 Å². The van der Waals surface area contributed by atoms with Gasteiger partial charge < -0.3 is 4.42 Å². The van der Waals surface area contributed by atoms with E-state index in [1.165, 1.54) is 11.8 Å². The molecule has 1 aromatic heterocycles. The number of rotatable bonds is 4. The fourth-order valence-electron chi connectivity index (χ4n) is 3.36. The van der Waals surface area contributed by atoms with Crippen LogP contribution >= 0.6 is 24.0 Å². The molecule has 1 aromatic carbocycles. The first-order valence-electron chi connectivity index (χ1n) is 8.92. The fourth-order valence-corrected chi connectivity index (χ4v) is 6.44. The van der Waals surface area contributed by atoms with E-state index in [0.717, 1.165) is 17.3 Å². The molecule has 150 valence electrons. The summed E-state index contributed by atoms with van der Waals surface area (Å²) >= 11 is 6.46. The van der Waals surface area contributed by atoms with E-state index in [1.54, 1.807) is 42.5 Å². The lowest BCUT2D eigenvalue weighted by atomic mass is 10.1. The average Bonchev–Trinajstić information content (AvgIpc) is 3.34. The summed E-state index contributed by atoms with van der Waals surface area (Å²) in [7, 11) is -3.11. The molecule has 0 bridgehead atoms. The first kappa shape index (κ1) is 20.1. The zero-order chi connectivity index (χ0) is 20.8. The normalized spacial score (nSPS) is 22.6. The van der Waals surface area contributed by atoms with Crippen molar-refractivity contribution in [3.05, 3.63) is 52.6 Å². The van der Waals surface area contributed by atoms with Gasteiger partial charge in [0.05, 0.1) is 22.5 Å². The number of nitrogens with zero attached hydrogens (tertiary/aromatic N) is 1. The summed E-state index contributed by atoms with van der Waals surface area (Å²) < 4.78 is 29.7. The van der Waals surface area contributed by atoms with Crippen LogP contribution in [-0.4, -0.2) is 46.9 Å². The first-order valence-corrected chi connectivity index (χ1v) is 12.0. The van der Waals surface area contributed by atoms with Crippen LogP contribution in [0.1, 0.15) is 29.5 Å². The number of Topliss-reactive ketones (excluding diaryl/α,β-unsaturated/α-hetero) is 1. The Labute approximate surface area is 177 Å². The Hall–Kier alpha value is -2.23. The van der Waals surface area contributed by atoms with Crippen molar-refractivity contribution in [2.75, 3.05) is 11.5 Å². The average molecular weight is 448 g/mol. The molecule has 1 amide bonds. The van der Waals surface area contributed by atoms with E-state index in [-0.39, 0.29) is 23.2 Å². The summed E-state index contributed by atoms with van der Waals surface area (Å²) in [5.74, 6) is 0.851. The second-order valence-electron chi connectivity index (χ2n) is 6.94. The van der Waals surface area contributed by atoms with E-state index in [9.17, 15) is 18.0 Å². The van der Waals surface area contributed by atoms with Gasteiger partial charge in [-0.05, 0) is 25.5 Å². The Morgan fingerprint density at radius 2 is 1.97 bits per heavy atom. The molecule has 4 rings (SSSR count). The lowest BCUT2D eigenvalue weighted by Gasteiger charge is -2.20. The number of carbonyl (C=O) groups is 2. The van der Waals surface area contributed by atoms with Crippen molar-refractivity contribution in [3.8, 4) is 11.3 Å². The van der Waals surface area contributed by atoms with Gasteiger partial charge in [-0.15, -0.1) is 0 Å². The standard InChI is InChI=1S/C20H17NO5S3/c1-12(22)13-2-4-14(5-3-13)17-7-6-16(26-17)10-18-19(23)21(20(27)28-18)15-8-9-29(24,25)11-15/h2-7,10,15H,8-9,11H2,1H3/b18-10+/t15-/m0/s1. The minimum atomic E-state index is -3.11. The van der Waals surface area contributed by atoms with Gasteiger partial charge in [0.25, 0.3) is 5.91 Å². The smallest absolute Gasteiger partial charge is 0.266 e. The lowest BCUT2D eigenvalue weighted by molar-refractivity contribution is -0.123. The third kappa shape index (κ3) is 4.08. The lowest BCUT2D eigenvalue weighted by Crippen LogP contribution is -2.39. The maximum absolute atomic E-state index is 12.8. The van der Waals surface area contributed by atoms with Crippen LogP contribution in [0.5, 0.6) is 0 Å². The Morgan fingerprint density at radius 1 is 1.24 bits per heavy atom. The predicted molar refractivity (Wildman–Crippen MR) is 116 cm³/mol. The van der Waals surface area contributed by atoms with Crippen LogP contribution in [0.4, 0.5) is 0 Å². The topological polar surface area (TPSA) is 84.7 Å². The summed E-state index contributed by atoms with van der Waals surface area (Å²) in [5.41, 5.74) is 1.44. The predicted octanol–water partition coefficient (Wildman–Crippen LogP) is 3.54. The second-order valence-corrected chi connectivity index (χ2v) is 10.8. The molecule has 2 aliphatic rings. The number of amides is 1. The Bertz CT molecular complexity index is 1150. The van der Waals surface area contributed by atoms with E-state index in [0.29, 0.717) is 32.7 Å². The Balaban J connectivity index is 1.54. The van der Waals surface area contributed by atoms with Crippen molar-refractivity contribution in [3.63, 3.8) is 0 Å². The Morgan fingerprint density at radius 3 is 2.59 bits per heavy atom. The third-order valence-corrected chi connectivity index (χ3v) is 7.95. The monoisotopic (exact) mass is 447 g/mol. The number of furan rings is 1. The van der Waals surface area contributed by atoms with Gasteiger partial charge in [-0.3, -0.25) is 14.5 Å². The molecule has 29 heavy (non-hydrogen) atoms. The van der Waals surface area contributed by atoms with Gasteiger partial charge in [0.2, 0.25) is 0 Å². The van der Waals surface area contributed by atoms with Crippen LogP contribution in [0, 0.1) is 0 Å². The summed E-state index contributed by atoms with van der Waals surface area (Å²) in [6.45, 7) is 1.51. The largest absolute Gasteiger partial charge is 0.457 e. The van der Waals surface area contributed by atoms with E-state index in [1.807, 2.05) is 0 Å². The number of hydrogen-bond acceptors (Lipinski definition) is 7. The van der Waals surface area contributed by atoms with Gasteiger partial charge in [-0.25, -0.2) is 8.42 Å². The molecule has 0 unspecified atom stereocenters. The van der Waals surface area contributed by atoms with E-state index >= 15 is 0 Å². The number of carbonyl (C=O) groups excluding carboxylic acids is 2. The maximum Gasteiger partial charge on any atom is 0.266 e. The number of thioether (sulfide) groups is 1. The molecule has 0 N–H and O–H groups in total. The molecule has 0 aliphatic carbocycles. The van der Waals surface area contributed by atoms with Gasteiger partial charge >= 0.3 is 0 Å². The second kappa shape index (κ2) is 7.55. The van der Waals surface area contributed by atoms with Crippen molar-refractivity contribution < 1.29 is 22.4 Å². The van der Waals surface area contributed by atoms with Crippen LogP contribution in [0.2, 0.25) is 0 Å². The molecule has 2 fully saturated rings. The van der Waals surface area contributed by atoms with Crippen LogP contribution in [0.3, 0.4) is 0 Å². The minimum absolute atomic E-state index is 0.00577. The summed E-state index contributed by atoms with van der Waals surface area (Å²) in [4.78, 5) is 26.0. The number of ketones is 1. The van der Waals surface area contributed by atoms with Gasteiger partial charge in [0.15, 0.2) is 15.6 Å². The third-order valence-electron chi connectivity index (χ3n) is 4.87. The van der Waals surface area contributed by atoms with E-state index < -0.39 is 15.9 Å². The highest BCUT2D eigenvalue weighted by atomic mass is 32.2. The van der Waals surface area contributed by atoms with Crippen molar-refractivity contribution in [2.45, 2.75) is 19.4 Å². The molecular formula is C20H17NO5S3. The summed E-state index contributed by atoms with van der Waals surface area (Å²) in [6.07, 6.45) is 2.03. The maximum atomic E-state index is 12.8. The van der Waals surface area contributed by atoms with E-state index in [4.69, 9.17) is 16.6 Å². The highest BCUT2D eigenvalue weighted by molar-refractivity contribution is 8.26. The van der Waals surface area contributed by atoms with Crippen LogP contribution < -0.4 is 0 Å². The first-order chi connectivity index (χ1) is 13.7. The van der Waals surface area contributed by atoms with Crippen LogP contribution in [0.25, 0.3) is 17.4 Å². The van der Waals surface area contributed by atoms with Gasteiger partial charge in [0, 0.05) is 17.2 Å². The number of benzene rings is 1. The SMILES string of the molecule is CC(=O)c1ccc(-c2ccc(/C=C3/SC(=S)N([C@H]4CCS(=O)(=O)C4)C3=O)o2)cc1. The number of hydrogen-bond donors (Lipinski definition) is 0.